The van der Waals surface area contributed by atoms with Crippen molar-refractivity contribution >= 4 is 0 Å². The first-order chi connectivity index (χ1) is 8.93. The lowest BCUT2D eigenvalue weighted by atomic mass is 10.0. The predicted octanol–water partition coefficient (Wildman–Crippen LogP) is 2.99. The summed E-state index contributed by atoms with van der Waals surface area (Å²) in [6, 6.07) is 6.78. The van der Waals surface area contributed by atoms with Crippen LogP contribution in [0.25, 0.3) is 0 Å². The first-order valence-corrected chi connectivity index (χ1v) is 7.05. The fraction of sp³-hybridized carbons (Fsp3) is 0.625. The number of ether oxygens (including phenoxy) is 1. The smallest absolute Gasteiger partial charge is 0.123 e. The summed E-state index contributed by atoms with van der Waals surface area (Å²) in [5.74, 6) is 1.51. The van der Waals surface area contributed by atoms with Gasteiger partial charge < -0.3 is 15.4 Å². The standard InChI is InChI=1S/C16H28N2O/c1-12(2)14-6-7-15(16(10-14)19-5)11-18(4)9-8-13(3)17/h6-7,10,12-13H,8-9,11,17H2,1-5H3. The van der Waals surface area contributed by atoms with Gasteiger partial charge in [-0.15, -0.1) is 0 Å². The van der Waals surface area contributed by atoms with Crippen LogP contribution in [0.3, 0.4) is 0 Å². The molecule has 0 radical (unpaired) electrons. The van der Waals surface area contributed by atoms with Gasteiger partial charge in [-0.1, -0.05) is 26.0 Å². The van der Waals surface area contributed by atoms with Gasteiger partial charge in [0.25, 0.3) is 0 Å². The summed E-state index contributed by atoms with van der Waals surface area (Å²) in [4.78, 5) is 2.29. The summed E-state index contributed by atoms with van der Waals surface area (Å²) >= 11 is 0. The average molecular weight is 264 g/mol. The number of methoxy groups -OCH3 is 1. The van der Waals surface area contributed by atoms with E-state index in [-0.39, 0.29) is 6.04 Å². The molecule has 0 aliphatic heterocycles. The van der Waals surface area contributed by atoms with Gasteiger partial charge in [0.05, 0.1) is 7.11 Å². The van der Waals surface area contributed by atoms with Crippen molar-refractivity contribution in [2.45, 2.75) is 45.7 Å². The second-order valence-electron chi connectivity index (χ2n) is 5.73. The van der Waals surface area contributed by atoms with Crippen LogP contribution < -0.4 is 10.5 Å². The van der Waals surface area contributed by atoms with E-state index in [0.717, 1.165) is 25.3 Å². The zero-order valence-corrected chi connectivity index (χ0v) is 12.9. The third-order valence-corrected chi connectivity index (χ3v) is 3.38. The van der Waals surface area contributed by atoms with Crippen LogP contribution in [0.5, 0.6) is 5.75 Å². The lowest BCUT2D eigenvalue weighted by Crippen LogP contribution is -2.25. The van der Waals surface area contributed by atoms with E-state index in [1.807, 2.05) is 6.92 Å². The van der Waals surface area contributed by atoms with Gasteiger partial charge in [-0.2, -0.15) is 0 Å². The summed E-state index contributed by atoms with van der Waals surface area (Å²) in [6.45, 7) is 8.35. The molecule has 2 N–H and O–H groups in total. The van der Waals surface area contributed by atoms with Gasteiger partial charge in [0.1, 0.15) is 5.75 Å². The first kappa shape index (κ1) is 16.0. The normalized spacial score (nSPS) is 13.1. The monoisotopic (exact) mass is 264 g/mol. The van der Waals surface area contributed by atoms with Crippen LogP contribution in [0.15, 0.2) is 18.2 Å². The highest BCUT2D eigenvalue weighted by Crippen LogP contribution is 2.25. The number of hydrogen-bond donors (Lipinski definition) is 1. The minimum atomic E-state index is 0.257. The van der Waals surface area contributed by atoms with E-state index in [4.69, 9.17) is 10.5 Å². The highest BCUT2D eigenvalue weighted by molar-refractivity contribution is 5.38. The van der Waals surface area contributed by atoms with E-state index >= 15 is 0 Å². The molecule has 1 atom stereocenters. The van der Waals surface area contributed by atoms with Gasteiger partial charge in [-0.05, 0) is 44.5 Å². The summed E-state index contributed by atoms with van der Waals surface area (Å²) in [6.07, 6.45) is 1.02. The Bertz CT molecular complexity index is 388. The molecule has 0 aromatic heterocycles. The second kappa shape index (κ2) is 7.51. The Balaban J connectivity index is 2.72. The van der Waals surface area contributed by atoms with Crippen LogP contribution in [-0.4, -0.2) is 31.6 Å². The second-order valence-corrected chi connectivity index (χ2v) is 5.73. The third kappa shape index (κ3) is 5.21. The van der Waals surface area contributed by atoms with E-state index < -0.39 is 0 Å². The number of benzene rings is 1. The molecule has 0 saturated carbocycles. The van der Waals surface area contributed by atoms with Gasteiger partial charge in [0.2, 0.25) is 0 Å². The molecule has 0 fully saturated rings. The van der Waals surface area contributed by atoms with E-state index in [9.17, 15) is 0 Å². The minimum Gasteiger partial charge on any atom is -0.496 e. The maximum atomic E-state index is 5.79. The van der Waals surface area contributed by atoms with Crippen LogP contribution in [0.2, 0.25) is 0 Å². The van der Waals surface area contributed by atoms with E-state index in [0.29, 0.717) is 5.92 Å². The topological polar surface area (TPSA) is 38.5 Å². The zero-order chi connectivity index (χ0) is 14.4. The fourth-order valence-corrected chi connectivity index (χ4v) is 2.04. The molecule has 19 heavy (non-hydrogen) atoms. The summed E-state index contributed by atoms with van der Waals surface area (Å²) in [5, 5.41) is 0. The average Bonchev–Trinajstić information content (AvgIpc) is 2.36. The van der Waals surface area contributed by atoms with Gasteiger partial charge in [0, 0.05) is 18.2 Å². The van der Waals surface area contributed by atoms with Gasteiger partial charge in [-0.3, -0.25) is 0 Å². The maximum Gasteiger partial charge on any atom is 0.123 e. The number of nitrogens with two attached hydrogens (primary N) is 1. The van der Waals surface area contributed by atoms with Gasteiger partial charge in [-0.25, -0.2) is 0 Å². The molecular formula is C16H28N2O. The molecule has 0 aliphatic rings. The molecule has 0 aliphatic carbocycles. The molecule has 0 spiro atoms. The predicted molar refractivity (Wildman–Crippen MR) is 81.7 cm³/mol. The maximum absolute atomic E-state index is 5.79. The Hall–Kier alpha value is -1.06. The van der Waals surface area contributed by atoms with Crippen molar-refractivity contribution in [3.05, 3.63) is 29.3 Å². The van der Waals surface area contributed by atoms with Crippen LogP contribution in [0.4, 0.5) is 0 Å². The summed E-state index contributed by atoms with van der Waals surface area (Å²) in [5.41, 5.74) is 8.35. The molecule has 3 heteroatoms. The molecule has 0 amide bonds. The largest absolute Gasteiger partial charge is 0.496 e. The molecule has 1 rings (SSSR count). The van der Waals surface area contributed by atoms with Crippen LogP contribution in [0, 0.1) is 0 Å². The number of hydrogen-bond acceptors (Lipinski definition) is 3. The molecule has 108 valence electrons. The lowest BCUT2D eigenvalue weighted by molar-refractivity contribution is 0.306. The van der Waals surface area contributed by atoms with Crippen molar-refractivity contribution in [2.75, 3.05) is 20.7 Å². The lowest BCUT2D eigenvalue weighted by Gasteiger charge is -2.20. The van der Waals surface area contributed by atoms with Gasteiger partial charge >= 0.3 is 0 Å². The van der Waals surface area contributed by atoms with Crippen molar-refractivity contribution in [2.24, 2.45) is 5.73 Å². The highest BCUT2D eigenvalue weighted by Gasteiger charge is 2.09. The van der Waals surface area contributed by atoms with Crippen molar-refractivity contribution in [1.82, 2.24) is 4.90 Å². The van der Waals surface area contributed by atoms with E-state index in [2.05, 4.69) is 44.0 Å². The molecular weight excluding hydrogens is 236 g/mol. The van der Waals surface area contributed by atoms with Gasteiger partial charge in [0.15, 0.2) is 0 Å². The van der Waals surface area contributed by atoms with Crippen LogP contribution in [-0.2, 0) is 6.54 Å². The van der Waals surface area contributed by atoms with Crippen molar-refractivity contribution in [1.29, 1.82) is 0 Å². The molecule has 0 saturated heterocycles. The van der Waals surface area contributed by atoms with E-state index in [1.54, 1.807) is 7.11 Å². The number of rotatable bonds is 7. The fourth-order valence-electron chi connectivity index (χ4n) is 2.04. The number of nitrogens with zero attached hydrogens (tertiary/aromatic N) is 1. The van der Waals surface area contributed by atoms with Crippen molar-refractivity contribution in [3.63, 3.8) is 0 Å². The Labute approximate surface area is 117 Å². The summed E-state index contributed by atoms with van der Waals surface area (Å²) in [7, 11) is 3.86. The third-order valence-electron chi connectivity index (χ3n) is 3.38. The van der Waals surface area contributed by atoms with Crippen LogP contribution >= 0.6 is 0 Å². The zero-order valence-electron chi connectivity index (χ0n) is 12.9. The van der Waals surface area contributed by atoms with Crippen LogP contribution in [0.1, 0.15) is 44.2 Å². The summed E-state index contributed by atoms with van der Waals surface area (Å²) < 4.78 is 5.51. The molecule has 1 aromatic carbocycles. The van der Waals surface area contributed by atoms with Crippen molar-refractivity contribution < 1.29 is 4.74 Å². The SMILES string of the molecule is COc1cc(C(C)C)ccc1CN(C)CCC(C)N. The molecule has 1 unspecified atom stereocenters. The molecule has 3 nitrogen and oxygen atoms in total. The first-order valence-electron chi connectivity index (χ1n) is 7.05. The molecule has 1 aromatic rings. The Morgan fingerprint density at radius 3 is 2.47 bits per heavy atom. The van der Waals surface area contributed by atoms with Crippen molar-refractivity contribution in [3.8, 4) is 5.75 Å². The quantitative estimate of drug-likeness (QED) is 0.823. The Morgan fingerprint density at radius 1 is 1.26 bits per heavy atom. The van der Waals surface area contributed by atoms with E-state index in [1.165, 1.54) is 11.1 Å². The highest BCUT2D eigenvalue weighted by atomic mass is 16.5. The molecule has 0 bridgehead atoms. The Kier molecular flexibility index (Phi) is 6.32. The molecule has 0 heterocycles. The minimum absolute atomic E-state index is 0.257. The Morgan fingerprint density at radius 2 is 1.95 bits per heavy atom.